The largest absolute Gasteiger partial charge is 0.467 e. The molecule has 0 unspecified atom stereocenters. The summed E-state index contributed by atoms with van der Waals surface area (Å²) < 4.78 is 39.1. The third kappa shape index (κ3) is 3.13. The summed E-state index contributed by atoms with van der Waals surface area (Å²) in [5.74, 6) is -0.444. The van der Waals surface area contributed by atoms with Crippen LogP contribution in [0.5, 0.6) is 0 Å². The van der Waals surface area contributed by atoms with Crippen LogP contribution in [-0.4, -0.2) is 50.1 Å². The van der Waals surface area contributed by atoms with Gasteiger partial charge in [-0.3, -0.25) is 0 Å². The van der Waals surface area contributed by atoms with Crippen LogP contribution in [0, 0.1) is 0 Å². The van der Waals surface area contributed by atoms with Gasteiger partial charge in [-0.05, 0) is 42.7 Å². The lowest BCUT2D eigenvalue weighted by Crippen LogP contribution is -2.53. The molecule has 0 saturated carbocycles. The molecule has 0 N–H and O–H groups in total. The van der Waals surface area contributed by atoms with E-state index in [4.69, 9.17) is 9.47 Å². The molecule has 4 rings (SSSR count). The first kappa shape index (κ1) is 18.4. The summed E-state index contributed by atoms with van der Waals surface area (Å²) in [6, 6.07) is 12.4. The molecule has 0 aromatic heterocycles. The zero-order valence-electron chi connectivity index (χ0n) is 15.4. The number of piperidine rings is 1. The number of carbonyl (C=O) groups is 1. The summed E-state index contributed by atoms with van der Waals surface area (Å²) in [5, 5.41) is 1.88. The van der Waals surface area contributed by atoms with E-state index >= 15 is 0 Å². The molecule has 0 aliphatic carbocycles. The van der Waals surface area contributed by atoms with E-state index in [0.29, 0.717) is 12.8 Å². The highest BCUT2D eigenvalue weighted by molar-refractivity contribution is 7.89. The number of benzene rings is 2. The lowest BCUT2D eigenvalue weighted by Gasteiger charge is -2.40. The van der Waals surface area contributed by atoms with Gasteiger partial charge in [0.2, 0.25) is 10.0 Å². The molecule has 2 aromatic rings. The van der Waals surface area contributed by atoms with Gasteiger partial charge in [-0.1, -0.05) is 30.3 Å². The molecule has 2 aliphatic heterocycles. The Labute approximate surface area is 159 Å². The van der Waals surface area contributed by atoms with E-state index < -0.39 is 22.1 Å². The number of hydrogen-bond donors (Lipinski definition) is 0. The molecular formula is C20H23NO5S. The summed E-state index contributed by atoms with van der Waals surface area (Å²) in [4.78, 5) is 12.2. The Balaban J connectivity index is 1.71. The second-order valence-corrected chi connectivity index (χ2v) is 9.10. The average molecular weight is 389 g/mol. The summed E-state index contributed by atoms with van der Waals surface area (Å²) in [6.45, 7) is 1.92. The number of ether oxygens (including phenoxy) is 2. The zero-order valence-corrected chi connectivity index (χ0v) is 16.2. The normalized spacial score (nSPS) is 28.8. The number of carbonyl (C=O) groups excluding carboxylic acids is 1. The van der Waals surface area contributed by atoms with E-state index in [9.17, 15) is 13.2 Å². The van der Waals surface area contributed by atoms with Crippen molar-refractivity contribution < 1.29 is 22.7 Å². The Bertz CT molecular complexity index is 973. The van der Waals surface area contributed by atoms with Crippen LogP contribution in [0.2, 0.25) is 0 Å². The van der Waals surface area contributed by atoms with Gasteiger partial charge in [-0.15, -0.1) is 0 Å². The number of methoxy groups -OCH3 is 1. The van der Waals surface area contributed by atoms with Gasteiger partial charge in [-0.2, -0.15) is 4.31 Å². The molecule has 2 aromatic carbocycles. The number of rotatable bonds is 3. The van der Waals surface area contributed by atoms with Crippen molar-refractivity contribution in [2.75, 3.05) is 7.11 Å². The van der Waals surface area contributed by atoms with Crippen LogP contribution in [-0.2, 0) is 24.3 Å². The van der Waals surface area contributed by atoms with Gasteiger partial charge in [0, 0.05) is 12.5 Å². The number of hydrogen-bond acceptors (Lipinski definition) is 5. The fourth-order valence-electron chi connectivity index (χ4n) is 4.26. The predicted molar refractivity (Wildman–Crippen MR) is 101 cm³/mol. The van der Waals surface area contributed by atoms with Crippen LogP contribution in [0.1, 0.15) is 26.2 Å². The van der Waals surface area contributed by atoms with E-state index in [0.717, 1.165) is 17.2 Å². The molecule has 7 heteroatoms. The lowest BCUT2D eigenvalue weighted by atomic mass is 9.95. The first-order valence-electron chi connectivity index (χ1n) is 9.17. The van der Waals surface area contributed by atoms with Gasteiger partial charge in [0.05, 0.1) is 24.2 Å². The van der Waals surface area contributed by atoms with Gasteiger partial charge < -0.3 is 9.47 Å². The quantitative estimate of drug-likeness (QED) is 0.755. The highest BCUT2D eigenvalue weighted by Gasteiger charge is 2.50. The zero-order chi connectivity index (χ0) is 19.2. The minimum Gasteiger partial charge on any atom is -0.467 e. The summed E-state index contributed by atoms with van der Waals surface area (Å²) in [7, 11) is -2.39. The molecule has 2 saturated heterocycles. The molecule has 27 heavy (non-hydrogen) atoms. The highest BCUT2D eigenvalue weighted by Crippen LogP contribution is 2.39. The monoisotopic (exact) mass is 389 g/mol. The third-order valence-electron chi connectivity index (χ3n) is 5.61. The number of nitrogens with zero attached hydrogens (tertiary/aromatic N) is 1. The van der Waals surface area contributed by atoms with Crippen LogP contribution in [0.3, 0.4) is 0 Å². The van der Waals surface area contributed by atoms with Crippen LogP contribution in [0.4, 0.5) is 0 Å². The molecule has 2 fully saturated rings. The number of fused-ring (bicyclic) bond motifs is 2. The van der Waals surface area contributed by atoms with E-state index in [-0.39, 0.29) is 23.1 Å². The van der Waals surface area contributed by atoms with Gasteiger partial charge >= 0.3 is 5.97 Å². The fourth-order valence-corrected chi connectivity index (χ4v) is 6.18. The van der Waals surface area contributed by atoms with Crippen LogP contribution in [0.15, 0.2) is 47.4 Å². The topological polar surface area (TPSA) is 72.9 Å². The molecule has 0 radical (unpaired) electrons. The molecule has 2 aliphatic rings. The maximum atomic E-state index is 13.5. The first-order chi connectivity index (χ1) is 12.9. The Morgan fingerprint density at radius 2 is 1.89 bits per heavy atom. The molecule has 144 valence electrons. The third-order valence-corrected chi connectivity index (χ3v) is 7.65. The summed E-state index contributed by atoms with van der Waals surface area (Å²) in [5.41, 5.74) is 0. The van der Waals surface area contributed by atoms with E-state index in [2.05, 4.69) is 0 Å². The maximum Gasteiger partial charge on any atom is 0.335 e. The minimum absolute atomic E-state index is 0.150. The van der Waals surface area contributed by atoms with Gasteiger partial charge in [0.1, 0.15) is 0 Å². The molecule has 0 bridgehead atoms. The fraction of sp³-hybridized carbons (Fsp3) is 0.450. The minimum atomic E-state index is -3.71. The van der Waals surface area contributed by atoms with Crippen molar-refractivity contribution in [3.63, 3.8) is 0 Å². The number of sulfonamides is 1. The van der Waals surface area contributed by atoms with Crippen molar-refractivity contribution in [3.05, 3.63) is 42.5 Å². The van der Waals surface area contributed by atoms with Gasteiger partial charge in [0.25, 0.3) is 0 Å². The summed E-state index contributed by atoms with van der Waals surface area (Å²) >= 11 is 0. The Kier molecular flexibility index (Phi) is 4.70. The standard InChI is InChI=1S/C20H23NO5S/c1-13-7-10-18-17(12-19(26-18)20(22)25-2)21(13)27(23,24)16-9-8-14-5-3-4-6-15(14)11-16/h3-6,8-9,11,13,17-19H,7,10,12H2,1-2H3/t13-,17+,18-,19-/m0/s1. The van der Waals surface area contributed by atoms with E-state index in [1.807, 2.05) is 37.3 Å². The van der Waals surface area contributed by atoms with E-state index in [1.54, 1.807) is 16.4 Å². The van der Waals surface area contributed by atoms with Crippen molar-refractivity contribution in [1.82, 2.24) is 4.31 Å². The van der Waals surface area contributed by atoms with Crippen LogP contribution >= 0.6 is 0 Å². The molecule has 0 amide bonds. The lowest BCUT2D eigenvalue weighted by molar-refractivity contribution is -0.153. The Hall–Kier alpha value is -1.96. The van der Waals surface area contributed by atoms with Crippen molar-refractivity contribution >= 4 is 26.8 Å². The molecular weight excluding hydrogens is 366 g/mol. The SMILES string of the molecule is COC(=O)[C@@H]1C[C@@H]2[C@H](CC[C@H](C)N2S(=O)(=O)c2ccc3ccccc3c2)O1. The van der Waals surface area contributed by atoms with Crippen molar-refractivity contribution in [2.24, 2.45) is 0 Å². The Morgan fingerprint density at radius 3 is 2.63 bits per heavy atom. The second-order valence-electron chi connectivity index (χ2n) is 7.26. The highest BCUT2D eigenvalue weighted by atomic mass is 32.2. The van der Waals surface area contributed by atoms with Crippen molar-refractivity contribution in [3.8, 4) is 0 Å². The number of esters is 1. The Morgan fingerprint density at radius 1 is 1.15 bits per heavy atom. The molecule has 6 nitrogen and oxygen atoms in total. The first-order valence-corrected chi connectivity index (χ1v) is 10.6. The van der Waals surface area contributed by atoms with Crippen LogP contribution in [0.25, 0.3) is 10.8 Å². The van der Waals surface area contributed by atoms with Crippen LogP contribution < -0.4 is 0 Å². The van der Waals surface area contributed by atoms with Gasteiger partial charge in [0.15, 0.2) is 6.10 Å². The maximum absolute atomic E-state index is 13.5. The van der Waals surface area contributed by atoms with Crippen molar-refractivity contribution in [1.29, 1.82) is 0 Å². The predicted octanol–water partition coefficient (Wildman–Crippen LogP) is 2.71. The molecule has 4 atom stereocenters. The average Bonchev–Trinajstić information content (AvgIpc) is 3.10. The molecule has 2 heterocycles. The smallest absolute Gasteiger partial charge is 0.335 e. The van der Waals surface area contributed by atoms with Crippen molar-refractivity contribution in [2.45, 2.75) is 55.4 Å². The molecule has 0 spiro atoms. The second kappa shape index (κ2) is 6.89. The van der Waals surface area contributed by atoms with E-state index in [1.165, 1.54) is 7.11 Å². The summed E-state index contributed by atoms with van der Waals surface area (Å²) in [6.07, 6.45) is 0.782. The van der Waals surface area contributed by atoms with Gasteiger partial charge in [-0.25, -0.2) is 13.2 Å².